The maximum absolute atomic E-state index is 12.3. The van der Waals surface area contributed by atoms with E-state index in [1.165, 1.54) is 11.8 Å². The van der Waals surface area contributed by atoms with Crippen LogP contribution in [0.15, 0.2) is 23.6 Å². The van der Waals surface area contributed by atoms with E-state index in [-0.39, 0.29) is 24.1 Å². The molecule has 1 aromatic rings. The van der Waals surface area contributed by atoms with Gasteiger partial charge in [-0.1, -0.05) is 38.3 Å². The fraction of sp³-hybridized carbons (Fsp3) is 0.474. The lowest BCUT2D eigenvalue weighted by Crippen LogP contribution is -2.30. The minimum absolute atomic E-state index is 0.0659. The van der Waals surface area contributed by atoms with Crippen LogP contribution in [0.4, 0.5) is 8.78 Å². The van der Waals surface area contributed by atoms with Crippen molar-refractivity contribution in [1.82, 2.24) is 4.98 Å². The number of nitrogens with two attached hydrogens (primary N) is 1. The maximum atomic E-state index is 12.3. The Bertz CT molecular complexity index is 751. The van der Waals surface area contributed by atoms with Gasteiger partial charge in [0.05, 0.1) is 6.61 Å². The third-order valence-corrected chi connectivity index (χ3v) is 4.70. The van der Waals surface area contributed by atoms with Crippen molar-refractivity contribution < 1.29 is 23.0 Å². The van der Waals surface area contributed by atoms with E-state index in [0.717, 1.165) is 20.9 Å². The lowest BCUT2D eigenvalue weighted by atomic mass is 9.97. The highest BCUT2D eigenvalue weighted by molar-refractivity contribution is 8.11. The monoisotopic (exact) mass is 398 g/mol. The highest BCUT2D eigenvalue weighted by atomic mass is 32.2. The average Bonchev–Trinajstić information content (AvgIpc) is 2.57. The highest BCUT2D eigenvalue weighted by Crippen LogP contribution is 2.40. The lowest BCUT2D eigenvalue weighted by molar-refractivity contribution is -0.146. The molecule has 1 amide bonds. The number of fused-ring (bicyclic) bond motifs is 1. The predicted molar refractivity (Wildman–Crippen MR) is 103 cm³/mol. The fourth-order valence-electron chi connectivity index (χ4n) is 2.72. The van der Waals surface area contributed by atoms with Crippen molar-refractivity contribution in [3.8, 4) is 5.88 Å². The van der Waals surface area contributed by atoms with Crippen molar-refractivity contribution in [1.29, 1.82) is 0 Å². The molecule has 1 unspecified atom stereocenters. The molecule has 0 aromatic carbocycles. The number of primary amides is 1. The topological polar surface area (TPSA) is 74.4 Å². The van der Waals surface area contributed by atoms with Crippen LogP contribution in [-0.2, 0) is 11.2 Å². The summed E-state index contributed by atoms with van der Waals surface area (Å²) in [5, 5.41) is 0. The average molecular weight is 398 g/mol. The first-order valence-electron chi connectivity index (χ1n) is 8.63. The summed E-state index contributed by atoms with van der Waals surface area (Å²) in [6, 6.07) is 1.66. The largest absolute Gasteiger partial charge is 0.472 e. The Hall–Kier alpha value is -1.93. The van der Waals surface area contributed by atoms with Gasteiger partial charge in [0.1, 0.15) is 11.8 Å². The number of hydrogen-bond acceptors (Lipinski definition) is 5. The van der Waals surface area contributed by atoms with Crippen molar-refractivity contribution in [2.45, 2.75) is 46.3 Å². The summed E-state index contributed by atoms with van der Waals surface area (Å²) in [7, 11) is 0. The van der Waals surface area contributed by atoms with E-state index in [4.69, 9.17) is 10.5 Å². The van der Waals surface area contributed by atoms with E-state index in [1.54, 1.807) is 6.07 Å². The second-order valence-corrected chi connectivity index (χ2v) is 8.00. The van der Waals surface area contributed by atoms with Crippen LogP contribution in [0.2, 0.25) is 0 Å². The number of halogens is 2. The molecule has 27 heavy (non-hydrogen) atoms. The van der Waals surface area contributed by atoms with Crippen LogP contribution in [0.3, 0.4) is 0 Å². The van der Waals surface area contributed by atoms with Crippen molar-refractivity contribution in [2.24, 2.45) is 11.7 Å². The molecule has 8 heteroatoms. The number of carbonyl (C=O) groups is 1. The van der Waals surface area contributed by atoms with E-state index < -0.39 is 18.6 Å². The third-order valence-electron chi connectivity index (χ3n) is 3.78. The first-order chi connectivity index (χ1) is 12.7. The molecule has 0 saturated heterocycles. The van der Waals surface area contributed by atoms with Crippen LogP contribution in [0.5, 0.6) is 5.88 Å². The fourth-order valence-corrected chi connectivity index (χ4v) is 3.73. The van der Waals surface area contributed by atoms with Crippen LogP contribution in [-0.4, -0.2) is 30.2 Å². The Kier molecular flexibility index (Phi) is 7.38. The van der Waals surface area contributed by atoms with Gasteiger partial charge in [-0.3, -0.25) is 4.79 Å². The zero-order valence-electron chi connectivity index (χ0n) is 15.6. The number of rotatable bonds is 8. The molecule has 0 radical (unpaired) electrons. The van der Waals surface area contributed by atoms with Gasteiger partial charge in [-0.25, -0.2) is 4.98 Å². The molecule has 1 atom stereocenters. The van der Waals surface area contributed by atoms with Gasteiger partial charge >= 0.3 is 6.61 Å². The number of allylic oxidation sites excluding steroid dienone is 2. The molecular weight excluding hydrogens is 374 g/mol. The molecule has 1 aliphatic rings. The summed E-state index contributed by atoms with van der Waals surface area (Å²) >= 11 is 1.50. The normalized spacial score (nSPS) is 17.0. The third kappa shape index (κ3) is 6.04. The van der Waals surface area contributed by atoms with Gasteiger partial charge in [-0.15, -0.1) is 0 Å². The SMILES string of the molecule is C=C(C)S/C(=C\C(C)C)c1cc(C(N)=O)nc2c1CCC(COC(F)F)O2. The molecular formula is C19H24F2N2O3S. The Morgan fingerprint density at radius 1 is 1.56 bits per heavy atom. The molecule has 1 aliphatic heterocycles. The number of ether oxygens (including phenoxy) is 2. The Morgan fingerprint density at radius 3 is 2.81 bits per heavy atom. The molecule has 2 rings (SSSR count). The molecule has 0 spiro atoms. The van der Waals surface area contributed by atoms with Gasteiger partial charge in [0.25, 0.3) is 5.91 Å². The minimum Gasteiger partial charge on any atom is -0.472 e. The molecule has 2 heterocycles. The van der Waals surface area contributed by atoms with Crippen molar-refractivity contribution in [3.63, 3.8) is 0 Å². The standard InChI is InChI=1S/C19H24F2N2O3S/c1-10(2)7-16(27-11(3)4)14-8-15(17(22)24)23-18-13(14)6-5-12(26-18)9-25-19(20)21/h7-8,10,12,19H,3,5-6,9H2,1-2,4H3,(H2,22,24)/b16-7-. The number of thioether (sulfide) groups is 1. The second kappa shape index (κ2) is 9.32. The highest BCUT2D eigenvalue weighted by Gasteiger charge is 2.27. The van der Waals surface area contributed by atoms with Crippen molar-refractivity contribution in [3.05, 3.63) is 40.4 Å². The first kappa shape index (κ1) is 21.4. The minimum atomic E-state index is -2.86. The first-order valence-corrected chi connectivity index (χ1v) is 9.44. The van der Waals surface area contributed by atoms with E-state index in [9.17, 15) is 13.6 Å². The van der Waals surface area contributed by atoms with Crippen molar-refractivity contribution in [2.75, 3.05) is 6.61 Å². The van der Waals surface area contributed by atoms with Crippen molar-refractivity contribution >= 4 is 22.6 Å². The summed E-state index contributed by atoms with van der Waals surface area (Å²) in [5.41, 5.74) is 7.13. The molecule has 0 fully saturated rings. The van der Waals surface area contributed by atoms with E-state index in [0.29, 0.717) is 12.8 Å². The Morgan fingerprint density at radius 2 is 2.26 bits per heavy atom. The number of nitrogens with zero attached hydrogens (tertiary/aromatic N) is 1. The van der Waals surface area contributed by atoms with Gasteiger partial charge < -0.3 is 15.2 Å². The van der Waals surface area contributed by atoms with Gasteiger partial charge in [0.2, 0.25) is 5.88 Å². The summed E-state index contributed by atoms with van der Waals surface area (Å²) in [6.07, 6.45) is 2.60. The molecule has 0 bridgehead atoms. The number of aromatic nitrogens is 1. The molecule has 148 valence electrons. The van der Waals surface area contributed by atoms with Crippen LogP contribution in [0, 0.1) is 5.92 Å². The number of carbonyl (C=O) groups excluding carboxylic acids is 1. The van der Waals surface area contributed by atoms with E-state index in [2.05, 4.69) is 36.2 Å². The zero-order valence-corrected chi connectivity index (χ0v) is 16.4. The molecule has 2 N–H and O–H groups in total. The lowest BCUT2D eigenvalue weighted by Gasteiger charge is -2.27. The molecule has 1 aromatic heterocycles. The summed E-state index contributed by atoms with van der Waals surface area (Å²) in [4.78, 5) is 17.8. The number of amides is 1. The summed E-state index contributed by atoms with van der Waals surface area (Å²) < 4.78 is 34.7. The quantitative estimate of drug-likeness (QED) is 0.703. The van der Waals surface area contributed by atoms with Gasteiger partial charge in [0.15, 0.2) is 0 Å². The number of alkyl halides is 2. The van der Waals surface area contributed by atoms with E-state index >= 15 is 0 Å². The summed E-state index contributed by atoms with van der Waals surface area (Å²) in [5.74, 6) is -0.172. The molecule has 0 saturated carbocycles. The maximum Gasteiger partial charge on any atom is 0.345 e. The van der Waals surface area contributed by atoms with E-state index in [1.807, 2.05) is 6.92 Å². The smallest absolute Gasteiger partial charge is 0.345 e. The van der Waals surface area contributed by atoms with Crippen LogP contribution in [0.25, 0.3) is 4.91 Å². The Balaban J connectivity index is 2.46. The van der Waals surface area contributed by atoms with Gasteiger partial charge in [-0.05, 0) is 42.2 Å². The molecule has 0 aliphatic carbocycles. The number of pyridine rings is 1. The summed E-state index contributed by atoms with van der Waals surface area (Å²) in [6.45, 7) is 6.84. The van der Waals surface area contributed by atoms with Crippen LogP contribution in [0.1, 0.15) is 48.8 Å². The van der Waals surface area contributed by atoms with Gasteiger partial charge in [-0.2, -0.15) is 8.78 Å². The predicted octanol–water partition coefficient (Wildman–Crippen LogP) is 4.38. The van der Waals surface area contributed by atoms with Gasteiger partial charge in [0, 0.05) is 10.5 Å². The zero-order chi connectivity index (χ0) is 20.1. The van der Waals surface area contributed by atoms with Crippen LogP contribution >= 0.6 is 11.8 Å². The Labute approximate surface area is 162 Å². The second-order valence-electron chi connectivity index (χ2n) is 6.65. The number of hydrogen-bond donors (Lipinski definition) is 1. The van der Waals surface area contributed by atoms with Crippen LogP contribution < -0.4 is 10.5 Å². The molecule has 5 nitrogen and oxygen atoms in total.